The van der Waals surface area contributed by atoms with E-state index in [2.05, 4.69) is 26.1 Å². The second kappa shape index (κ2) is 7.62. The molecule has 0 saturated carbocycles. The molecule has 0 saturated heterocycles. The number of hydrogen-bond acceptors (Lipinski definition) is 4. The van der Waals surface area contributed by atoms with Gasteiger partial charge in [0.05, 0.1) is 6.33 Å². The van der Waals surface area contributed by atoms with Crippen LogP contribution in [-0.2, 0) is 6.54 Å². The van der Waals surface area contributed by atoms with Gasteiger partial charge in [-0.2, -0.15) is 0 Å². The van der Waals surface area contributed by atoms with Gasteiger partial charge in [-0.1, -0.05) is 31.8 Å². The molecule has 2 rings (SSSR count). The zero-order chi connectivity index (χ0) is 14.2. The molecule has 0 aliphatic carbocycles. The fourth-order valence-corrected chi connectivity index (χ4v) is 2.34. The van der Waals surface area contributed by atoms with E-state index in [0.717, 1.165) is 25.0 Å². The van der Waals surface area contributed by atoms with E-state index in [1.807, 2.05) is 6.08 Å². The lowest BCUT2D eigenvalue weighted by molar-refractivity contribution is 0.557. The molecule has 0 atom stereocenters. The number of nitrogens with zero attached hydrogens (tertiary/aromatic N) is 4. The van der Waals surface area contributed by atoms with Gasteiger partial charge in [0.25, 0.3) is 0 Å². The molecule has 0 fully saturated rings. The zero-order valence-electron chi connectivity index (χ0n) is 12.0. The van der Waals surface area contributed by atoms with E-state index in [1.165, 1.54) is 38.4 Å². The lowest BCUT2D eigenvalue weighted by Gasteiger charge is -2.04. The molecule has 108 valence electrons. The highest BCUT2D eigenvalue weighted by molar-refractivity contribution is 5.80. The van der Waals surface area contributed by atoms with E-state index in [-0.39, 0.29) is 0 Å². The van der Waals surface area contributed by atoms with Gasteiger partial charge in [-0.15, -0.1) is 6.58 Å². The van der Waals surface area contributed by atoms with E-state index < -0.39 is 0 Å². The Morgan fingerprint density at radius 3 is 2.60 bits per heavy atom. The van der Waals surface area contributed by atoms with Crippen LogP contribution in [0.5, 0.6) is 0 Å². The fourth-order valence-electron chi connectivity index (χ4n) is 2.34. The number of nitrogen functional groups attached to an aromatic ring is 1. The van der Waals surface area contributed by atoms with Crippen molar-refractivity contribution in [1.29, 1.82) is 0 Å². The average molecular weight is 273 g/mol. The van der Waals surface area contributed by atoms with Gasteiger partial charge in [-0.25, -0.2) is 15.0 Å². The fraction of sp³-hybridized carbons (Fsp3) is 0.533. The average Bonchev–Trinajstić information content (AvgIpc) is 2.87. The molecule has 2 heterocycles. The van der Waals surface area contributed by atoms with E-state index in [1.54, 1.807) is 6.33 Å². The Kier molecular flexibility index (Phi) is 5.53. The number of unbranched alkanes of at least 4 members (excludes halogenated alkanes) is 6. The maximum atomic E-state index is 5.77. The molecule has 0 spiro atoms. The molecule has 0 amide bonds. The van der Waals surface area contributed by atoms with Gasteiger partial charge in [-0.05, 0) is 19.3 Å². The molecule has 2 aromatic heterocycles. The zero-order valence-corrected chi connectivity index (χ0v) is 12.0. The molecule has 0 unspecified atom stereocenters. The van der Waals surface area contributed by atoms with Crippen LogP contribution in [0.25, 0.3) is 11.2 Å². The predicted octanol–water partition coefficient (Wildman–Crippen LogP) is 3.33. The monoisotopic (exact) mass is 273 g/mol. The van der Waals surface area contributed by atoms with Crippen molar-refractivity contribution in [2.75, 3.05) is 5.73 Å². The van der Waals surface area contributed by atoms with E-state index >= 15 is 0 Å². The second-order valence-electron chi connectivity index (χ2n) is 5.07. The molecule has 0 aromatic carbocycles. The summed E-state index contributed by atoms with van der Waals surface area (Å²) in [7, 11) is 0. The minimum atomic E-state index is 0.455. The number of imidazole rings is 1. The second-order valence-corrected chi connectivity index (χ2v) is 5.07. The Hall–Kier alpha value is -1.91. The molecular weight excluding hydrogens is 250 g/mol. The van der Waals surface area contributed by atoms with Crippen LogP contribution in [0.3, 0.4) is 0 Å². The maximum Gasteiger partial charge on any atom is 0.165 e. The highest BCUT2D eigenvalue weighted by atomic mass is 15.1. The normalized spacial score (nSPS) is 11.0. The first-order valence-corrected chi connectivity index (χ1v) is 7.35. The van der Waals surface area contributed by atoms with Crippen LogP contribution in [-0.4, -0.2) is 19.5 Å². The number of fused-ring (bicyclic) bond motifs is 1. The Morgan fingerprint density at radius 1 is 1.05 bits per heavy atom. The quantitative estimate of drug-likeness (QED) is 0.562. The van der Waals surface area contributed by atoms with Crippen molar-refractivity contribution in [2.24, 2.45) is 0 Å². The Morgan fingerprint density at radius 2 is 1.80 bits per heavy atom. The molecular formula is C15H23N5. The summed E-state index contributed by atoms with van der Waals surface area (Å²) in [5.74, 6) is 0.455. The van der Waals surface area contributed by atoms with Gasteiger partial charge in [0, 0.05) is 6.54 Å². The lowest BCUT2D eigenvalue weighted by Crippen LogP contribution is -1.99. The van der Waals surface area contributed by atoms with Gasteiger partial charge in [0.1, 0.15) is 11.8 Å². The van der Waals surface area contributed by atoms with Gasteiger partial charge in [0.15, 0.2) is 11.5 Å². The molecule has 0 aliphatic rings. The van der Waals surface area contributed by atoms with Crippen molar-refractivity contribution in [3.8, 4) is 0 Å². The Labute approximate surface area is 119 Å². The summed E-state index contributed by atoms with van der Waals surface area (Å²) >= 11 is 0. The van der Waals surface area contributed by atoms with Crippen LogP contribution in [0.15, 0.2) is 25.3 Å². The number of hydrogen-bond donors (Lipinski definition) is 1. The summed E-state index contributed by atoms with van der Waals surface area (Å²) in [6.45, 7) is 4.68. The highest BCUT2D eigenvalue weighted by Gasteiger charge is 2.06. The van der Waals surface area contributed by atoms with Gasteiger partial charge in [0.2, 0.25) is 0 Å². The standard InChI is InChI=1S/C15H23N5/c1-2-3-4-5-6-7-8-9-10-20-12-19-13-14(16)17-11-18-15(13)20/h2,11-12H,1,3-10H2,(H2,16,17,18). The van der Waals surface area contributed by atoms with Gasteiger partial charge < -0.3 is 10.3 Å². The summed E-state index contributed by atoms with van der Waals surface area (Å²) in [6, 6.07) is 0. The number of nitrogens with two attached hydrogens (primary N) is 1. The van der Waals surface area contributed by atoms with Crippen molar-refractivity contribution in [3.05, 3.63) is 25.3 Å². The number of allylic oxidation sites excluding steroid dienone is 1. The Bertz CT molecular complexity index is 546. The first-order chi connectivity index (χ1) is 9.83. The van der Waals surface area contributed by atoms with E-state index in [0.29, 0.717) is 11.3 Å². The number of anilines is 1. The number of rotatable bonds is 9. The molecule has 2 N–H and O–H groups in total. The summed E-state index contributed by atoms with van der Waals surface area (Å²) in [4.78, 5) is 12.5. The smallest absolute Gasteiger partial charge is 0.165 e. The van der Waals surface area contributed by atoms with Gasteiger partial charge >= 0.3 is 0 Å². The predicted molar refractivity (Wildman–Crippen MR) is 82.3 cm³/mol. The first-order valence-electron chi connectivity index (χ1n) is 7.35. The van der Waals surface area contributed by atoms with Crippen molar-refractivity contribution in [2.45, 2.75) is 51.5 Å². The lowest BCUT2D eigenvalue weighted by atomic mass is 10.1. The Balaban J connectivity index is 1.71. The minimum Gasteiger partial charge on any atom is -0.382 e. The minimum absolute atomic E-state index is 0.455. The van der Waals surface area contributed by atoms with E-state index in [9.17, 15) is 0 Å². The molecule has 20 heavy (non-hydrogen) atoms. The van der Waals surface area contributed by atoms with Crippen LogP contribution in [0.1, 0.15) is 44.9 Å². The number of aromatic nitrogens is 4. The summed E-state index contributed by atoms with van der Waals surface area (Å²) in [6.07, 6.45) is 14.0. The first kappa shape index (κ1) is 14.5. The van der Waals surface area contributed by atoms with E-state index in [4.69, 9.17) is 5.73 Å². The number of aryl methyl sites for hydroxylation is 1. The molecule has 5 heteroatoms. The SMILES string of the molecule is C=CCCCCCCCCn1cnc2c(N)ncnc21. The van der Waals surface area contributed by atoms with Crippen molar-refractivity contribution in [3.63, 3.8) is 0 Å². The highest BCUT2D eigenvalue weighted by Crippen LogP contribution is 2.15. The van der Waals surface area contributed by atoms with Crippen molar-refractivity contribution in [1.82, 2.24) is 19.5 Å². The third-order valence-electron chi connectivity index (χ3n) is 3.49. The van der Waals surface area contributed by atoms with Gasteiger partial charge in [-0.3, -0.25) is 0 Å². The summed E-state index contributed by atoms with van der Waals surface area (Å²) in [5.41, 5.74) is 7.31. The molecule has 0 bridgehead atoms. The summed E-state index contributed by atoms with van der Waals surface area (Å²) < 4.78 is 2.06. The topological polar surface area (TPSA) is 69.6 Å². The summed E-state index contributed by atoms with van der Waals surface area (Å²) in [5, 5.41) is 0. The largest absolute Gasteiger partial charge is 0.382 e. The van der Waals surface area contributed by atoms with Crippen LogP contribution in [0, 0.1) is 0 Å². The van der Waals surface area contributed by atoms with Crippen LogP contribution >= 0.6 is 0 Å². The third-order valence-corrected chi connectivity index (χ3v) is 3.49. The molecule has 5 nitrogen and oxygen atoms in total. The maximum absolute atomic E-state index is 5.77. The molecule has 2 aromatic rings. The van der Waals surface area contributed by atoms with Crippen molar-refractivity contribution >= 4 is 17.0 Å². The van der Waals surface area contributed by atoms with Crippen LogP contribution in [0.2, 0.25) is 0 Å². The van der Waals surface area contributed by atoms with Crippen LogP contribution < -0.4 is 5.73 Å². The third kappa shape index (κ3) is 3.79. The molecule has 0 radical (unpaired) electrons. The van der Waals surface area contributed by atoms with Crippen molar-refractivity contribution < 1.29 is 0 Å². The van der Waals surface area contributed by atoms with Crippen LogP contribution in [0.4, 0.5) is 5.82 Å². The molecule has 0 aliphatic heterocycles.